The third-order valence-corrected chi connectivity index (χ3v) is 12.6. The minimum atomic E-state index is 0.427. The van der Waals surface area contributed by atoms with Gasteiger partial charge in [-0.1, -0.05) is 222 Å². The van der Waals surface area contributed by atoms with Gasteiger partial charge in [0.05, 0.1) is 0 Å². The molecule has 4 rings (SSSR count). The van der Waals surface area contributed by atoms with Gasteiger partial charge in [-0.2, -0.15) is 0 Å². The van der Waals surface area contributed by atoms with Crippen LogP contribution in [-0.2, 0) is 12.8 Å². The van der Waals surface area contributed by atoms with Crippen molar-refractivity contribution in [3.63, 3.8) is 0 Å². The number of hydrogen-bond donors (Lipinski definition) is 2. The fraction of sp³-hybridized carbons (Fsp3) is 0.564. The Kier molecular flexibility index (Phi) is 22.7. The van der Waals surface area contributed by atoms with E-state index in [-0.39, 0.29) is 0 Å². The molecule has 4 aromatic rings. The molecule has 0 aromatic heterocycles. The molecule has 0 radical (unpaired) electrons. The summed E-state index contributed by atoms with van der Waals surface area (Å²) in [7, 11) is 0. The second kappa shape index (κ2) is 28.0. The van der Waals surface area contributed by atoms with Crippen LogP contribution in [0.5, 0.6) is 0 Å². The normalized spacial score (nSPS) is 13.1. The van der Waals surface area contributed by atoms with E-state index in [0.717, 1.165) is 24.2 Å². The van der Waals surface area contributed by atoms with Crippen molar-refractivity contribution in [1.29, 1.82) is 0 Å². The van der Waals surface area contributed by atoms with Crippen LogP contribution in [0.1, 0.15) is 214 Å². The highest BCUT2D eigenvalue weighted by Crippen LogP contribution is 2.34. The Balaban J connectivity index is 1.36. The van der Waals surface area contributed by atoms with E-state index in [2.05, 4.69) is 118 Å². The van der Waals surface area contributed by atoms with E-state index in [9.17, 15) is 0 Å². The Morgan fingerprint density at radius 3 is 0.912 bits per heavy atom. The molecule has 0 spiro atoms. The van der Waals surface area contributed by atoms with Crippen molar-refractivity contribution in [2.45, 2.75) is 193 Å². The number of nitrogens with two attached hydrogens (primary N) is 2. The zero-order valence-corrected chi connectivity index (χ0v) is 36.8. The lowest BCUT2D eigenvalue weighted by Crippen LogP contribution is -2.10. The van der Waals surface area contributed by atoms with E-state index in [1.165, 1.54) is 181 Å². The van der Waals surface area contributed by atoms with Crippen molar-refractivity contribution in [3.8, 4) is 0 Å². The molecule has 0 aliphatic heterocycles. The SMILES string of the molecule is CCCCCCCCCCCC(c1ccc(N)cc1)c1ccc(CC(CCCC)Cc2ccc(C(CCCCCCCCCCC)c3ccc(N)cc3)cc2)cc1. The molecule has 57 heavy (non-hydrogen) atoms. The van der Waals surface area contributed by atoms with E-state index in [4.69, 9.17) is 11.5 Å². The molecule has 312 valence electrons. The lowest BCUT2D eigenvalue weighted by atomic mass is 9.84. The van der Waals surface area contributed by atoms with Crippen LogP contribution >= 0.6 is 0 Å². The Morgan fingerprint density at radius 1 is 0.316 bits per heavy atom. The smallest absolute Gasteiger partial charge is 0.0314 e. The van der Waals surface area contributed by atoms with Crippen molar-refractivity contribution in [3.05, 3.63) is 130 Å². The molecule has 0 saturated carbocycles. The van der Waals surface area contributed by atoms with Crippen molar-refractivity contribution < 1.29 is 0 Å². The fourth-order valence-electron chi connectivity index (χ4n) is 9.03. The standard InChI is InChI=1S/C55H82N2/c1-4-7-10-12-14-16-18-20-22-25-54(50-35-39-52(56)40-36-50)48-31-27-45(28-32-48)43-47(24-9-6-3)44-46-29-33-49(34-30-46)55(51-37-41-53(57)42-38-51)26-23-21-19-17-15-13-11-8-5-2/h27-42,47,54-55H,4-26,43-44,56-57H2,1-3H3. The van der Waals surface area contributed by atoms with Crippen LogP contribution in [0.25, 0.3) is 0 Å². The van der Waals surface area contributed by atoms with Crippen molar-refractivity contribution >= 4 is 11.4 Å². The van der Waals surface area contributed by atoms with E-state index >= 15 is 0 Å². The van der Waals surface area contributed by atoms with Gasteiger partial charge >= 0.3 is 0 Å². The maximum atomic E-state index is 6.11. The molecule has 0 amide bonds. The molecule has 2 heteroatoms. The summed E-state index contributed by atoms with van der Waals surface area (Å²) >= 11 is 0. The summed E-state index contributed by atoms with van der Waals surface area (Å²) in [6.45, 7) is 6.93. The van der Waals surface area contributed by atoms with Gasteiger partial charge < -0.3 is 11.5 Å². The lowest BCUT2D eigenvalue weighted by Gasteiger charge is -2.21. The third-order valence-electron chi connectivity index (χ3n) is 12.6. The first-order chi connectivity index (χ1) is 28.0. The van der Waals surface area contributed by atoms with E-state index < -0.39 is 0 Å². The number of benzene rings is 4. The molecule has 0 aliphatic rings. The molecular formula is C55H82N2. The second-order valence-electron chi connectivity index (χ2n) is 17.6. The maximum absolute atomic E-state index is 6.11. The minimum absolute atomic E-state index is 0.427. The molecule has 2 nitrogen and oxygen atoms in total. The quantitative estimate of drug-likeness (QED) is 0.0395. The third kappa shape index (κ3) is 17.9. The number of rotatable bonds is 31. The van der Waals surface area contributed by atoms with Gasteiger partial charge in [0.2, 0.25) is 0 Å². The van der Waals surface area contributed by atoms with Crippen LogP contribution in [0.4, 0.5) is 11.4 Å². The summed E-state index contributed by atoms with van der Waals surface area (Å²) in [4.78, 5) is 0. The Bertz CT molecular complexity index is 1440. The number of hydrogen-bond acceptors (Lipinski definition) is 2. The van der Waals surface area contributed by atoms with Crippen molar-refractivity contribution in [1.82, 2.24) is 0 Å². The van der Waals surface area contributed by atoms with Gasteiger partial charge in [-0.3, -0.25) is 0 Å². The highest BCUT2D eigenvalue weighted by molar-refractivity contribution is 5.44. The first-order valence-corrected chi connectivity index (χ1v) is 23.9. The molecule has 0 aliphatic carbocycles. The highest BCUT2D eigenvalue weighted by Gasteiger charge is 2.18. The van der Waals surface area contributed by atoms with Crippen LogP contribution in [0, 0.1) is 5.92 Å². The lowest BCUT2D eigenvalue weighted by molar-refractivity contribution is 0.460. The van der Waals surface area contributed by atoms with Crippen molar-refractivity contribution in [2.75, 3.05) is 11.5 Å². The topological polar surface area (TPSA) is 52.0 Å². The Labute approximate surface area is 351 Å². The molecule has 4 aromatic carbocycles. The van der Waals surface area contributed by atoms with E-state index in [1.54, 1.807) is 0 Å². The summed E-state index contributed by atoms with van der Waals surface area (Å²) in [5.41, 5.74) is 22.5. The van der Waals surface area contributed by atoms with Crippen LogP contribution in [-0.4, -0.2) is 0 Å². The summed E-state index contributed by atoms with van der Waals surface area (Å²) in [5, 5.41) is 0. The number of anilines is 2. The Morgan fingerprint density at radius 2 is 0.596 bits per heavy atom. The summed E-state index contributed by atoms with van der Waals surface area (Å²) in [6, 6.07) is 36.8. The van der Waals surface area contributed by atoms with Gasteiger partial charge in [0.1, 0.15) is 0 Å². The van der Waals surface area contributed by atoms with Gasteiger partial charge in [-0.05, 0) is 95.7 Å². The van der Waals surface area contributed by atoms with Gasteiger partial charge in [0.25, 0.3) is 0 Å². The van der Waals surface area contributed by atoms with Crippen LogP contribution in [0.3, 0.4) is 0 Å². The van der Waals surface area contributed by atoms with E-state index in [1.807, 2.05) is 0 Å². The molecule has 2 unspecified atom stereocenters. The second-order valence-corrected chi connectivity index (χ2v) is 17.6. The monoisotopic (exact) mass is 771 g/mol. The zero-order valence-electron chi connectivity index (χ0n) is 36.8. The fourth-order valence-corrected chi connectivity index (χ4v) is 9.03. The minimum Gasteiger partial charge on any atom is -0.399 e. The predicted octanol–water partition coefficient (Wildman–Crippen LogP) is 16.5. The zero-order chi connectivity index (χ0) is 40.3. The molecule has 0 saturated heterocycles. The van der Waals surface area contributed by atoms with Crippen LogP contribution in [0.15, 0.2) is 97.1 Å². The average Bonchev–Trinajstić information content (AvgIpc) is 3.23. The largest absolute Gasteiger partial charge is 0.399 e. The molecule has 0 bridgehead atoms. The maximum Gasteiger partial charge on any atom is 0.0314 e. The van der Waals surface area contributed by atoms with Crippen molar-refractivity contribution in [2.24, 2.45) is 5.92 Å². The molecule has 0 heterocycles. The molecular weight excluding hydrogens is 689 g/mol. The molecule has 2 atom stereocenters. The van der Waals surface area contributed by atoms with Gasteiger partial charge in [0.15, 0.2) is 0 Å². The predicted molar refractivity (Wildman–Crippen MR) is 252 cm³/mol. The van der Waals surface area contributed by atoms with Gasteiger partial charge in [-0.25, -0.2) is 0 Å². The summed E-state index contributed by atoms with van der Waals surface area (Å²) < 4.78 is 0. The van der Waals surface area contributed by atoms with Gasteiger partial charge in [0, 0.05) is 23.2 Å². The number of nitrogen functional groups attached to an aromatic ring is 2. The van der Waals surface area contributed by atoms with Gasteiger partial charge in [-0.15, -0.1) is 0 Å². The molecule has 0 fully saturated rings. The first kappa shape index (κ1) is 46.2. The first-order valence-electron chi connectivity index (χ1n) is 23.9. The summed E-state index contributed by atoms with van der Waals surface area (Å²) in [5.74, 6) is 1.50. The number of unbranched alkanes of at least 4 members (excludes halogenated alkanes) is 17. The van der Waals surface area contributed by atoms with E-state index in [0.29, 0.717) is 17.8 Å². The highest BCUT2D eigenvalue weighted by atomic mass is 14.5. The van der Waals surface area contributed by atoms with Crippen LogP contribution in [0.2, 0.25) is 0 Å². The summed E-state index contributed by atoms with van der Waals surface area (Å²) in [6.07, 6.45) is 33.1. The molecule has 4 N–H and O–H groups in total. The average molecular weight is 771 g/mol. The Hall–Kier alpha value is -3.52. The van der Waals surface area contributed by atoms with Crippen LogP contribution < -0.4 is 11.5 Å².